The van der Waals surface area contributed by atoms with Crippen LogP contribution in [0.3, 0.4) is 0 Å². The molecule has 3 N–H and O–H groups in total. The van der Waals surface area contributed by atoms with E-state index in [9.17, 15) is 13.0 Å². The smallest absolute Gasteiger partial charge is 0.323 e. The number of allylic oxidation sites excluding steroid dienone is 2. The highest BCUT2D eigenvalue weighted by atomic mass is 32.2. The number of unbranched alkanes of at least 4 members (excludes halogenated alkanes) is 1. The summed E-state index contributed by atoms with van der Waals surface area (Å²) < 4.78 is 41.9. The Bertz CT molecular complexity index is 614. The van der Waals surface area contributed by atoms with Crippen LogP contribution < -0.4 is 0 Å². The summed E-state index contributed by atoms with van der Waals surface area (Å²) in [4.78, 5) is 17.1. The molecule has 0 amide bonds. The summed E-state index contributed by atoms with van der Waals surface area (Å²) in [5.41, 5.74) is 1.11. The van der Waals surface area contributed by atoms with E-state index >= 15 is 0 Å². The zero-order valence-corrected chi connectivity index (χ0v) is 14.1. The number of hydrogen-bond acceptors (Lipinski definition) is 4. The molecule has 0 saturated heterocycles. The van der Waals surface area contributed by atoms with Crippen LogP contribution >= 0.6 is 18.9 Å². The first-order chi connectivity index (χ1) is 9.60. The van der Waals surface area contributed by atoms with Gasteiger partial charge in [-0.25, -0.2) is 0 Å². The molecule has 0 spiro atoms. The molecule has 0 bridgehead atoms. The van der Waals surface area contributed by atoms with Gasteiger partial charge in [0.2, 0.25) is 0 Å². The van der Waals surface area contributed by atoms with Crippen LogP contribution in [-0.2, 0) is 21.1 Å². The molecule has 1 aromatic rings. The third-order valence-electron chi connectivity index (χ3n) is 2.90. The van der Waals surface area contributed by atoms with Gasteiger partial charge in [0.1, 0.15) is 0 Å². The lowest BCUT2D eigenvalue weighted by molar-refractivity contribution is 0.360. The van der Waals surface area contributed by atoms with Gasteiger partial charge in [0.05, 0.1) is 0 Å². The predicted molar refractivity (Wildman–Crippen MR) is 83.0 cm³/mol. The topological polar surface area (TPSA) is 112 Å². The molecule has 9 heteroatoms. The van der Waals surface area contributed by atoms with Crippen molar-refractivity contribution in [1.82, 2.24) is 0 Å². The molecule has 120 valence electrons. The molecule has 0 aliphatic carbocycles. The Labute approximate surface area is 128 Å². The summed E-state index contributed by atoms with van der Waals surface area (Å²) in [6.07, 6.45) is 3.23. The van der Waals surface area contributed by atoms with Gasteiger partial charge in [0, 0.05) is 11.3 Å². The van der Waals surface area contributed by atoms with E-state index in [0.29, 0.717) is 6.42 Å². The van der Waals surface area contributed by atoms with Gasteiger partial charge in [-0.15, -0.1) is 11.3 Å². The number of hydrogen-bond donors (Lipinski definition) is 3. The second-order valence-corrected chi connectivity index (χ2v) is 9.58. The summed E-state index contributed by atoms with van der Waals surface area (Å²) >= 11 is 1.65. The Morgan fingerprint density at radius 1 is 1.48 bits per heavy atom. The van der Waals surface area contributed by atoms with Crippen LogP contribution in [0.1, 0.15) is 31.1 Å². The molecule has 6 nitrogen and oxygen atoms in total. The van der Waals surface area contributed by atoms with E-state index in [4.69, 9.17) is 14.3 Å². The average Bonchev–Trinajstić information content (AvgIpc) is 2.77. The fourth-order valence-electron chi connectivity index (χ4n) is 1.89. The molecule has 0 radical (unpaired) electrons. The van der Waals surface area contributed by atoms with Crippen molar-refractivity contribution < 1.29 is 27.3 Å². The standard InChI is InChI=1S/C12H19O6PS2/c1-10(9-11-6-4-8-20-11)5-2-3-7-12(19(13,14)15)21(16,17)18/h4-6,8,12H,2-3,7,9H2,1H3,(H2,13,14,15)(H,16,17,18)/b10-5+. The zero-order chi connectivity index (χ0) is 16.1. The molecule has 1 atom stereocenters. The Morgan fingerprint density at radius 2 is 2.14 bits per heavy atom. The maximum atomic E-state index is 11.1. The molecule has 0 fully saturated rings. The molecule has 0 aliphatic rings. The molecule has 21 heavy (non-hydrogen) atoms. The van der Waals surface area contributed by atoms with Crippen molar-refractivity contribution in [2.75, 3.05) is 0 Å². The van der Waals surface area contributed by atoms with E-state index in [0.717, 1.165) is 12.0 Å². The van der Waals surface area contributed by atoms with Gasteiger partial charge in [0.15, 0.2) is 4.99 Å². The summed E-state index contributed by atoms with van der Waals surface area (Å²) in [6.45, 7) is 1.95. The third kappa shape index (κ3) is 6.86. The maximum absolute atomic E-state index is 11.1. The van der Waals surface area contributed by atoms with Crippen molar-refractivity contribution in [3.05, 3.63) is 34.0 Å². The van der Waals surface area contributed by atoms with Gasteiger partial charge in [0.25, 0.3) is 10.1 Å². The van der Waals surface area contributed by atoms with Gasteiger partial charge in [-0.2, -0.15) is 8.42 Å². The number of rotatable bonds is 8. The molecule has 1 rings (SSSR count). The lowest BCUT2D eigenvalue weighted by Crippen LogP contribution is -2.20. The van der Waals surface area contributed by atoms with Crippen LogP contribution in [0, 0.1) is 0 Å². The SMILES string of the molecule is C/C(=C\CCCC(P(=O)(O)O)S(=O)(=O)O)Cc1cccs1. The predicted octanol–water partition coefficient (Wildman–Crippen LogP) is 2.80. The van der Waals surface area contributed by atoms with Crippen molar-refractivity contribution in [1.29, 1.82) is 0 Å². The maximum Gasteiger partial charge on any atom is 0.346 e. The van der Waals surface area contributed by atoms with Crippen molar-refractivity contribution in [2.45, 2.75) is 37.6 Å². The Kier molecular flexibility index (Phi) is 6.77. The highest BCUT2D eigenvalue weighted by molar-refractivity contribution is 7.93. The molecule has 1 aromatic heterocycles. The van der Waals surface area contributed by atoms with Gasteiger partial charge in [-0.1, -0.05) is 17.7 Å². The molecule has 0 aromatic carbocycles. The van der Waals surface area contributed by atoms with Crippen molar-refractivity contribution in [3.8, 4) is 0 Å². The fraction of sp³-hybridized carbons (Fsp3) is 0.500. The van der Waals surface area contributed by atoms with Gasteiger partial charge >= 0.3 is 7.60 Å². The van der Waals surface area contributed by atoms with Gasteiger partial charge < -0.3 is 9.79 Å². The first-order valence-electron chi connectivity index (χ1n) is 6.30. The fourth-order valence-corrected chi connectivity index (χ4v) is 5.06. The third-order valence-corrected chi connectivity index (χ3v) is 7.33. The van der Waals surface area contributed by atoms with Crippen LogP contribution in [0.4, 0.5) is 0 Å². The molecule has 1 heterocycles. The second-order valence-electron chi connectivity index (χ2n) is 4.80. The largest absolute Gasteiger partial charge is 0.346 e. The average molecular weight is 354 g/mol. The van der Waals surface area contributed by atoms with Gasteiger partial charge in [-0.05, 0) is 37.6 Å². The molecular weight excluding hydrogens is 335 g/mol. The quantitative estimate of drug-likeness (QED) is 0.286. The minimum atomic E-state index is -4.86. The second kappa shape index (κ2) is 7.67. The summed E-state index contributed by atoms with van der Waals surface area (Å²) in [6, 6.07) is 3.98. The minimum absolute atomic E-state index is 0.272. The van der Waals surface area contributed by atoms with E-state index in [-0.39, 0.29) is 12.8 Å². The van der Waals surface area contributed by atoms with E-state index in [1.807, 2.05) is 30.5 Å². The number of thiophene rings is 1. The monoisotopic (exact) mass is 354 g/mol. The zero-order valence-electron chi connectivity index (χ0n) is 11.5. The first-order valence-corrected chi connectivity index (χ1v) is 10.4. The summed E-state index contributed by atoms with van der Waals surface area (Å²) in [5, 5.41) is 1.99. The van der Waals surface area contributed by atoms with Crippen LogP contribution in [0.25, 0.3) is 0 Å². The molecular formula is C12H19O6PS2. The van der Waals surface area contributed by atoms with E-state index in [1.165, 1.54) is 4.88 Å². The lowest BCUT2D eigenvalue weighted by atomic mass is 10.1. The Morgan fingerprint density at radius 3 is 2.62 bits per heavy atom. The highest BCUT2D eigenvalue weighted by Gasteiger charge is 2.38. The molecule has 0 aliphatic heterocycles. The van der Waals surface area contributed by atoms with Crippen LogP contribution in [-0.4, -0.2) is 27.7 Å². The van der Waals surface area contributed by atoms with Crippen LogP contribution in [0.15, 0.2) is 29.2 Å². The first kappa shape index (κ1) is 18.5. The van der Waals surface area contributed by atoms with Crippen molar-refractivity contribution in [3.63, 3.8) is 0 Å². The van der Waals surface area contributed by atoms with Crippen LogP contribution in [0.2, 0.25) is 0 Å². The van der Waals surface area contributed by atoms with Crippen LogP contribution in [0.5, 0.6) is 0 Å². The molecule has 1 unspecified atom stereocenters. The molecule has 0 saturated carbocycles. The lowest BCUT2D eigenvalue weighted by Gasteiger charge is -2.14. The summed E-state index contributed by atoms with van der Waals surface area (Å²) in [7, 11) is -9.61. The Hall–Kier alpha value is -0.500. The minimum Gasteiger partial charge on any atom is -0.323 e. The van der Waals surface area contributed by atoms with E-state index < -0.39 is 22.7 Å². The van der Waals surface area contributed by atoms with Crippen molar-refractivity contribution >= 4 is 29.1 Å². The highest BCUT2D eigenvalue weighted by Crippen LogP contribution is 2.46. The van der Waals surface area contributed by atoms with E-state index in [2.05, 4.69) is 0 Å². The Balaban J connectivity index is 2.50. The van der Waals surface area contributed by atoms with E-state index in [1.54, 1.807) is 11.3 Å². The van der Waals surface area contributed by atoms with Crippen molar-refractivity contribution in [2.24, 2.45) is 0 Å². The van der Waals surface area contributed by atoms with Gasteiger partial charge in [-0.3, -0.25) is 9.12 Å². The normalized spacial score (nSPS) is 15.1. The summed E-state index contributed by atoms with van der Waals surface area (Å²) in [5.74, 6) is 0.